The van der Waals surface area contributed by atoms with Gasteiger partial charge in [0.2, 0.25) is 11.7 Å². The number of nitro groups is 1. The van der Waals surface area contributed by atoms with Crippen LogP contribution in [-0.4, -0.2) is 40.3 Å². The van der Waals surface area contributed by atoms with E-state index in [0.717, 1.165) is 0 Å². The van der Waals surface area contributed by atoms with Crippen LogP contribution >= 0.6 is 0 Å². The summed E-state index contributed by atoms with van der Waals surface area (Å²) in [5, 5.41) is 13.8. The number of rotatable bonds is 3. The predicted octanol–water partition coefficient (Wildman–Crippen LogP) is 0.941. The van der Waals surface area contributed by atoms with Crippen molar-refractivity contribution in [3.63, 3.8) is 0 Å². The van der Waals surface area contributed by atoms with Crippen LogP contribution in [0.25, 0.3) is 0 Å². The lowest BCUT2D eigenvalue weighted by Gasteiger charge is -2.12. The van der Waals surface area contributed by atoms with Gasteiger partial charge in [0.15, 0.2) is 0 Å². The third kappa shape index (κ3) is 2.24. The first kappa shape index (κ1) is 12.3. The summed E-state index contributed by atoms with van der Waals surface area (Å²) in [6.07, 6.45) is 2.17. The molecule has 0 aromatic carbocycles. The average molecular weight is 250 g/mol. The minimum absolute atomic E-state index is 0.0633. The third-order valence-corrected chi connectivity index (χ3v) is 2.94. The van der Waals surface area contributed by atoms with Crippen molar-refractivity contribution in [2.45, 2.75) is 19.4 Å². The summed E-state index contributed by atoms with van der Waals surface area (Å²) in [5.41, 5.74) is 0.611. The second kappa shape index (κ2) is 4.59. The number of likely N-dealkylation sites (N-methyl/N-ethyl adjacent to an activating group) is 1. The Hall–Kier alpha value is -2.18. The molecule has 2 heterocycles. The lowest BCUT2D eigenvalue weighted by molar-refractivity contribution is -0.384. The van der Waals surface area contributed by atoms with Gasteiger partial charge in [0, 0.05) is 25.9 Å². The quantitative estimate of drug-likeness (QED) is 0.637. The zero-order chi connectivity index (χ0) is 13.3. The highest BCUT2D eigenvalue weighted by Gasteiger charge is 2.31. The second-order valence-electron chi connectivity index (χ2n) is 4.38. The van der Waals surface area contributed by atoms with E-state index in [1.165, 1.54) is 6.07 Å². The molecule has 1 aromatic heterocycles. The Labute approximate surface area is 104 Å². The third-order valence-electron chi connectivity index (χ3n) is 2.94. The normalized spacial score (nSPS) is 19.1. The topological polar surface area (TPSA) is 88.4 Å². The minimum Gasteiger partial charge on any atom is -0.353 e. The van der Waals surface area contributed by atoms with Crippen molar-refractivity contribution in [1.82, 2.24) is 9.88 Å². The lowest BCUT2D eigenvalue weighted by atomic mass is 10.2. The van der Waals surface area contributed by atoms with E-state index in [1.807, 2.05) is 0 Å². The summed E-state index contributed by atoms with van der Waals surface area (Å²) in [4.78, 5) is 27.7. The van der Waals surface area contributed by atoms with Gasteiger partial charge in [-0.3, -0.25) is 14.9 Å². The van der Waals surface area contributed by atoms with E-state index in [4.69, 9.17) is 0 Å². The van der Waals surface area contributed by atoms with Crippen molar-refractivity contribution in [1.29, 1.82) is 0 Å². The number of aryl methyl sites for hydroxylation is 1. The first-order valence-corrected chi connectivity index (χ1v) is 5.61. The molecule has 1 saturated heterocycles. The smallest absolute Gasteiger partial charge is 0.311 e. The van der Waals surface area contributed by atoms with E-state index in [9.17, 15) is 14.9 Å². The Bertz CT molecular complexity index is 503. The molecule has 1 atom stereocenters. The number of anilines is 1. The van der Waals surface area contributed by atoms with Gasteiger partial charge < -0.3 is 10.2 Å². The van der Waals surface area contributed by atoms with Crippen LogP contribution in [0.1, 0.15) is 12.0 Å². The van der Waals surface area contributed by atoms with E-state index in [1.54, 1.807) is 25.1 Å². The van der Waals surface area contributed by atoms with E-state index >= 15 is 0 Å². The zero-order valence-corrected chi connectivity index (χ0v) is 10.2. The molecule has 1 aromatic rings. The van der Waals surface area contributed by atoms with Crippen LogP contribution in [0.4, 0.5) is 11.5 Å². The number of nitrogens with zero attached hydrogens (tertiary/aromatic N) is 3. The van der Waals surface area contributed by atoms with Gasteiger partial charge in [-0.05, 0) is 18.9 Å². The summed E-state index contributed by atoms with van der Waals surface area (Å²) >= 11 is 0. The molecule has 1 unspecified atom stereocenters. The average Bonchev–Trinajstić information content (AvgIpc) is 2.63. The fraction of sp³-hybridized carbons (Fsp3) is 0.455. The van der Waals surface area contributed by atoms with Crippen molar-refractivity contribution in [2.75, 3.05) is 18.9 Å². The standard InChI is InChI=1S/C11H14N4O3/c1-7-5-9(15(17)18)10(12-6-7)13-8-3-4-14(2)11(8)16/h5-6,8H,3-4H2,1-2H3,(H,12,13). The van der Waals surface area contributed by atoms with Gasteiger partial charge in [-0.15, -0.1) is 0 Å². The highest BCUT2D eigenvalue weighted by Crippen LogP contribution is 2.25. The van der Waals surface area contributed by atoms with Crippen molar-refractivity contribution in [3.05, 3.63) is 27.9 Å². The molecule has 0 spiro atoms. The number of hydrogen-bond donors (Lipinski definition) is 1. The maximum absolute atomic E-state index is 11.7. The summed E-state index contributed by atoms with van der Waals surface area (Å²) in [7, 11) is 1.71. The molecule has 7 nitrogen and oxygen atoms in total. The molecule has 0 bridgehead atoms. The number of amides is 1. The molecular formula is C11H14N4O3. The summed E-state index contributed by atoms with van der Waals surface area (Å²) in [6.45, 7) is 2.38. The highest BCUT2D eigenvalue weighted by atomic mass is 16.6. The van der Waals surface area contributed by atoms with Crippen molar-refractivity contribution < 1.29 is 9.72 Å². The zero-order valence-electron chi connectivity index (χ0n) is 10.2. The fourth-order valence-corrected chi connectivity index (χ4v) is 1.93. The first-order chi connectivity index (χ1) is 8.49. The van der Waals surface area contributed by atoms with Crippen molar-refractivity contribution in [3.8, 4) is 0 Å². The molecule has 0 radical (unpaired) electrons. The summed E-state index contributed by atoms with van der Waals surface area (Å²) < 4.78 is 0. The Morgan fingerprint density at radius 1 is 1.61 bits per heavy atom. The van der Waals surface area contributed by atoms with Crippen LogP contribution in [-0.2, 0) is 4.79 Å². The van der Waals surface area contributed by atoms with E-state index < -0.39 is 11.0 Å². The number of aromatic nitrogens is 1. The molecule has 1 N–H and O–H groups in total. The second-order valence-corrected chi connectivity index (χ2v) is 4.38. The maximum atomic E-state index is 11.7. The van der Waals surface area contributed by atoms with Crippen LogP contribution < -0.4 is 5.32 Å². The maximum Gasteiger partial charge on any atom is 0.311 e. The van der Waals surface area contributed by atoms with E-state index in [0.29, 0.717) is 18.5 Å². The van der Waals surface area contributed by atoms with Gasteiger partial charge in [-0.2, -0.15) is 0 Å². The number of pyridine rings is 1. The van der Waals surface area contributed by atoms with Crippen molar-refractivity contribution >= 4 is 17.4 Å². The fourth-order valence-electron chi connectivity index (χ4n) is 1.93. The van der Waals surface area contributed by atoms with Gasteiger partial charge >= 0.3 is 5.69 Å². The Morgan fingerprint density at radius 3 is 2.89 bits per heavy atom. The lowest BCUT2D eigenvalue weighted by Crippen LogP contribution is -2.31. The Balaban J connectivity index is 2.24. The van der Waals surface area contributed by atoms with Crippen LogP contribution in [0, 0.1) is 17.0 Å². The molecule has 18 heavy (non-hydrogen) atoms. The SMILES string of the molecule is Cc1cnc(NC2CCN(C)C2=O)c([N+](=O)[O-])c1. The van der Waals surface area contributed by atoms with E-state index in [-0.39, 0.29) is 17.4 Å². The Kier molecular flexibility index (Phi) is 3.14. The van der Waals surface area contributed by atoms with Crippen LogP contribution in [0.2, 0.25) is 0 Å². The molecule has 1 amide bonds. The monoisotopic (exact) mass is 250 g/mol. The van der Waals surface area contributed by atoms with Gasteiger partial charge in [0.1, 0.15) is 6.04 Å². The predicted molar refractivity (Wildman–Crippen MR) is 65.3 cm³/mol. The highest BCUT2D eigenvalue weighted by molar-refractivity contribution is 5.86. The minimum atomic E-state index is -0.495. The van der Waals surface area contributed by atoms with E-state index in [2.05, 4.69) is 10.3 Å². The van der Waals surface area contributed by atoms with Crippen LogP contribution in [0.5, 0.6) is 0 Å². The number of likely N-dealkylation sites (tertiary alicyclic amines) is 1. The number of nitrogens with one attached hydrogen (secondary N) is 1. The molecule has 0 aliphatic carbocycles. The van der Waals surface area contributed by atoms with Gasteiger partial charge in [-0.25, -0.2) is 4.98 Å². The summed E-state index contributed by atoms with van der Waals surface area (Å²) in [5.74, 6) is 0.0888. The molecular weight excluding hydrogens is 236 g/mol. The molecule has 7 heteroatoms. The number of carbonyl (C=O) groups is 1. The number of carbonyl (C=O) groups excluding carboxylic acids is 1. The van der Waals surface area contributed by atoms with Gasteiger partial charge in [0.25, 0.3) is 0 Å². The molecule has 0 saturated carbocycles. The molecule has 2 rings (SSSR count). The molecule has 1 aliphatic heterocycles. The largest absolute Gasteiger partial charge is 0.353 e. The molecule has 96 valence electrons. The first-order valence-electron chi connectivity index (χ1n) is 5.61. The van der Waals surface area contributed by atoms with Gasteiger partial charge in [-0.1, -0.05) is 0 Å². The van der Waals surface area contributed by atoms with Crippen LogP contribution in [0.15, 0.2) is 12.3 Å². The van der Waals surface area contributed by atoms with Gasteiger partial charge in [0.05, 0.1) is 4.92 Å². The number of hydrogen-bond acceptors (Lipinski definition) is 5. The molecule has 1 fully saturated rings. The summed E-state index contributed by atoms with van der Waals surface area (Å²) in [6, 6.07) is 1.02. The van der Waals surface area contributed by atoms with Crippen LogP contribution in [0.3, 0.4) is 0 Å². The Morgan fingerprint density at radius 2 is 2.33 bits per heavy atom. The van der Waals surface area contributed by atoms with Crippen molar-refractivity contribution in [2.24, 2.45) is 0 Å². The molecule has 1 aliphatic rings.